The minimum Gasteiger partial charge on any atom is -0.365 e. The van der Waals surface area contributed by atoms with Crippen molar-refractivity contribution < 1.29 is 27.1 Å². The van der Waals surface area contributed by atoms with Gasteiger partial charge in [-0.1, -0.05) is 30.9 Å². The topological polar surface area (TPSA) is 256 Å². The minimum atomic E-state index is 0.856. The average Bonchev–Trinajstić information content (AvgIpc) is 4.24. The van der Waals surface area contributed by atoms with E-state index in [4.69, 9.17) is 13.6 Å². The third kappa shape index (κ3) is 44.9. The summed E-state index contributed by atoms with van der Waals surface area (Å²) in [5.74, 6) is 3.50. The number of nitrogens with zero attached hydrogens (tertiary/aromatic N) is 15. The molecule has 14 rings (SSSR count). The molecule has 27 heteroatoms. The molecule has 21 nitrogen and oxygen atoms in total. The van der Waals surface area contributed by atoms with Crippen LogP contribution < -0.4 is 0 Å². The Kier molecular flexibility index (Phi) is 43.7. The monoisotopic (exact) mass is 1370 g/mol. The van der Waals surface area contributed by atoms with Crippen LogP contribution >= 0.6 is 69.2 Å². The quantitative estimate of drug-likeness (QED) is 0.137. The van der Waals surface area contributed by atoms with Gasteiger partial charge in [0.15, 0.2) is 0 Å². The molecule has 0 radical (unpaired) electrons. The SMILES string of the molecule is Cc1cc(C)n(C)c1.Cc1cc(C)on1.Cc1cc(C)on1.Cc1cc(C)sn1.Cc1cc(C)sn1.Cc1ccno1.Cc1ccns1.Cc1ccon1.Cc1ccsn1.Cc1cnoc1.Cc1cnoc1C.Cc1cnsc1.Cc1cnsc1C.Cn1cccn1. The van der Waals surface area contributed by atoms with Crippen LogP contribution in [0.15, 0.2) is 167 Å². The van der Waals surface area contributed by atoms with Crippen LogP contribution in [0, 0.1) is 138 Å². The first-order valence-electron chi connectivity index (χ1n) is 28.3. The number of aromatic nitrogens is 15. The second-order valence-corrected chi connectivity index (χ2v) is 25.2. The highest BCUT2D eigenvalue weighted by Gasteiger charge is 1.94. The van der Waals surface area contributed by atoms with E-state index in [0.29, 0.717) is 0 Å². The summed E-state index contributed by atoms with van der Waals surface area (Å²) in [7, 11) is 3.95. The van der Waals surface area contributed by atoms with E-state index in [1.165, 1.54) is 76.5 Å². The Morgan fingerprint density at radius 2 is 1.08 bits per heavy atom. The van der Waals surface area contributed by atoms with Crippen molar-refractivity contribution in [1.29, 1.82) is 0 Å². The van der Waals surface area contributed by atoms with Crippen molar-refractivity contribution in [3.8, 4) is 0 Å². The van der Waals surface area contributed by atoms with Crippen molar-refractivity contribution in [3.63, 3.8) is 0 Å². The highest BCUT2D eigenvalue weighted by Crippen LogP contribution is 2.09. The van der Waals surface area contributed by atoms with Gasteiger partial charge >= 0.3 is 0 Å². The van der Waals surface area contributed by atoms with Gasteiger partial charge in [0, 0.05) is 123 Å². The van der Waals surface area contributed by atoms with Gasteiger partial charge in [-0.2, -0.15) is 18.2 Å². The first kappa shape index (κ1) is 81.5. The van der Waals surface area contributed by atoms with E-state index in [2.05, 4.69) is 153 Å². The predicted molar refractivity (Wildman–Crippen MR) is 375 cm³/mol. The maximum absolute atomic E-state index is 4.71. The van der Waals surface area contributed by atoms with Gasteiger partial charge in [0.2, 0.25) is 0 Å². The van der Waals surface area contributed by atoms with Gasteiger partial charge in [0.1, 0.15) is 35.6 Å². The molecule has 14 aromatic rings. The molecule has 0 atom stereocenters. The molecule has 0 aliphatic carbocycles. The van der Waals surface area contributed by atoms with Crippen molar-refractivity contribution >= 4 is 69.2 Å². The molecule has 14 aromatic heterocycles. The molecule has 0 aromatic carbocycles. The van der Waals surface area contributed by atoms with Crippen molar-refractivity contribution in [1.82, 2.24) is 71.5 Å². The lowest BCUT2D eigenvalue weighted by atomic mass is 10.3. The van der Waals surface area contributed by atoms with E-state index in [-0.39, 0.29) is 0 Å². The molecule has 0 amide bonds. The fourth-order valence-electron chi connectivity index (χ4n) is 5.50. The number of hydrogen-bond acceptors (Lipinski definition) is 25. The second kappa shape index (κ2) is 49.3. The molecular weight excluding hydrogens is 1280 g/mol. The maximum atomic E-state index is 4.71. The van der Waals surface area contributed by atoms with Gasteiger partial charge in [-0.15, -0.1) is 0 Å². The maximum Gasteiger partial charge on any atom is 0.136 e. The van der Waals surface area contributed by atoms with Crippen LogP contribution in [0.2, 0.25) is 0 Å². The van der Waals surface area contributed by atoms with Crippen molar-refractivity contribution in [2.45, 2.75) is 138 Å². The van der Waals surface area contributed by atoms with Gasteiger partial charge < -0.3 is 31.7 Å². The van der Waals surface area contributed by atoms with Gasteiger partial charge in [-0.25, -0.2) is 13.1 Å². The Labute approximate surface area is 566 Å². The molecule has 0 aliphatic rings. The second-order valence-electron chi connectivity index (χ2n) is 19.8. The summed E-state index contributed by atoms with van der Waals surface area (Å²) in [5, 5.41) is 29.1. The first-order valence-corrected chi connectivity index (χ1v) is 33.1. The molecule has 496 valence electrons. The van der Waals surface area contributed by atoms with E-state index in [1.807, 2.05) is 164 Å². The summed E-state index contributed by atoms with van der Waals surface area (Å²) < 4.78 is 55.3. The van der Waals surface area contributed by atoms with Gasteiger partial charge in [0.05, 0.1) is 52.8 Å². The number of aryl methyl sites for hydroxylation is 22. The van der Waals surface area contributed by atoms with Gasteiger partial charge in [-0.05, 0) is 261 Å². The summed E-state index contributed by atoms with van der Waals surface area (Å²) in [6, 6.07) is 19.6. The van der Waals surface area contributed by atoms with Crippen molar-refractivity contribution in [2.75, 3.05) is 0 Å². The van der Waals surface area contributed by atoms with Gasteiger partial charge in [0.25, 0.3) is 0 Å². The summed E-state index contributed by atoms with van der Waals surface area (Å²) in [5.41, 5.74) is 13.6. The van der Waals surface area contributed by atoms with E-state index in [9.17, 15) is 0 Å². The van der Waals surface area contributed by atoms with E-state index < -0.39 is 0 Å². The van der Waals surface area contributed by atoms with Crippen LogP contribution in [-0.4, -0.2) is 71.5 Å². The van der Waals surface area contributed by atoms with Crippen molar-refractivity contribution in [3.05, 3.63) is 250 Å². The lowest BCUT2D eigenvalue weighted by Crippen LogP contribution is -1.84. The third-order valence-electron chi connectivity index (χ3n) is 10.4. The predicted octanol–water partition coefficient (Wildman–Crippen LogP) is 18.5. The molecule has 0 saturated carbocycles. The fraction of sp³-hybridized carbons (Fsp3) is 0.338. The Hall–Kier alpha value is -8.47. The Morgan fingerprint density at radius 3 is 1.21 bits per heavy atom. The molecule has 0 saturated heterocycles. The Bertz CT molecular complexity index is 3190. The van der Waals surface area contributed by atoms with Crippen LogP contribution in [0.3, 0.4) is 0 Å². The van der Waals surface area contributed by atoms with E-state index in [1.54, 1.807) is 94.9 Å². The van der Waals surface area contributed by atoms with Crippen LogP contribution in [0.25, 0.3) is 0 Å². The van der Waals surface area contributed by atoms with E-state index in [0.717, 1.165) is 68.3 Å². The smallest absolute Gasteiger partial charge is 0.136 e. The van der Waals surface area contributed by atoms with E-state index >= 15 is 0 Å². The first-order chi connectivity index (χ1) is 43.7. The zero-order valence-electron chi connectivity index (χ0n) is 56.9. The zero-order chi connectivity index (χ0) is 68.6. The summed E-state index contributed by atoms with van der Waals surface area (Å²) in [6.07, 6.45) is 19.4. The molecule has 0 fully saturated rings. The van der Waals surface area contributed by atoms with Crippen LogP contribution in [0.1, 0.15) is 110 Å². The molecule has 0 aliphatic heterocycles. The van der Waals surface area contributed by atoms with Crippen LogP contribution in [-0.2, 0) is 14.1 Å². The number of hydrogen-bond donors (Lipinski definition) is 0. The molecule has 0 N–H and O–H groups in total. The minimum absolute atomic E-state index is 0.856. The van der Waals surface area contributed by atoms with Crippen molar-refractivity contribution in [2.24, 2.45) is 14.1 Å². The molecule has 92 heavy (non-hydrogen) atoms. The standard InChI is InChI=1S/C7H11N.3C5H7NO.3C5H7NS.C4H6N2.3C4H5NO.3C4H5NS/c1-6-4-7(2)8(3)5-6;1-4-3-6-7-5(4)2;2*1-4-3-5(2)7-6-4;1-4-3-6-7-5(4)2;2*1-4-3-5(2)7-6-4;1-6-4-2-3-5-6;1-4-2-5-6-3-4;1-4-2-3-6-5-4;1-4-2-3-5-6-4;1-4-2-5-6-3-4;1-4-2-3-6-5-4;1-4-2-3-5-6-4/h4-5H,1-3H3;6*3H,1-2H3;2-4H,1H3;6*2-3H,1H3. The molecule has 0 spiro atoms. The van der Waals surface area contributed by atoms with Crippen LogP contribution in [0.5, 0.6) is 0 Å². The molecular formula is C65H89N15O6S6. The molecule has 0 unspecified atom stereocenters. The van der Waals surface area contributed by atoms with Crippen LogP contribution in [0.4, 0.5) is 0 Å². The third-order valence-corrected chi connectivity index (χ3v) is 14.8. The molecule has 14 heterocycles. The normalized spacial score (nSPS) is 9.20. The Balaban J connectivity index is 0.000000496. The molecule has 0 bridgehead atoms. The zero-order valence-corrected chi connectivity index (χ0v) is 61.8. The average molecular weight is 1370 g/mol. The largest absolute Gasteiger partial charge is 0.365 e. The summed E-state index contributed by atoms with van der Waals surface area (Å²) in [6.45, 7) is 39.6. The highest BCUT2D eigenvalue weighted by atomic mass is 32.1. The fourth-order valence-corrected chi connectivity index (χ4v) is 8.66. The highest BCUT2D eigenvalue weighted by molar-refractivity contribution is 7.06. The van der Waals surface area contributed by atoms with Gasteiger partial charge in [-0.3, -0.25) is 4.68 Å². The Morgan fingerprint density at radius 1 is 0.424 bits per heavy atom. The number of rotatable bonds is 0. The lowest BCUT2D eigenvalue weighted by Gasteiger charge is -1.89. The summed E-state index contributed by atoms with van der Waals surface area (Å²) >= 11 is 9.17. The lowest BCUT2D eigenvalue weighted by molar-refractivity contribution is 0.393. The summed E-state index contributed by atoms with van der Waals surface area (Å²) in [4.78, 5) is 5.17.